The number of nitrogens with zero attached hydrogens (tertiary/aromatic N) is 2. The van der Waals surface area contributed by atoms with Crippen molar-refractivity contribution >= 4 is 39.7 Å². The maximum atomic E-state index is 12.6. The summed E-state index contributed by atoms with van der Waals surface area (Å²) < 4.78 is 66.8. The van der Waals surface area contributed by atoms with Crippen molar-refractivity contribution in [2.75, 3.05) is 13.6 Å². The number of hydrogen-bond donors (Lipinski definition) is 1. The zero-order valence-electron chi connectivity index (χ0n) is 15.2. The summed E-state index contributed by atoms with van der Waals surface area (Å²) in [5.41, 5.74) is 5.99. The zero-order chi connectivity index (χ0) is 22.0. The van der Waals surface area contributed by atoms with Crippen LogP contribution in [0.25, 0.3) is 0 Å². The van der Waals surface area contributed by atoms with Crippen LogP contribution >= 0.6 is 24.0 Å². The fraction of sp³-hybridized carbons (Fsp3) is 0.250. The predicted octanol–water partition coefficient (Wildman–Crippen LogP) is 3.89. The third kappa shape index (κ3) is 6.44. The minimum absolute atomic E-state index is 0. The fourth-order valence-corrected chi connectivity index (χ4v) is 3.78. The third-order valence-corrected chi connectivity index (χ3v) is 5.95. The molecule has 8 nitrogen and oxygen atoms in total. The van der Waals surface area contributed by atoms with Crippen LogP contribution in [-0.4, -0.2) is 37.6 Å². The minimum atomic E-state index is -4.91. The lowest BCUT2D eigenvalue weighted by Crippen LogP contribution is -2.34. The van der Waals surface area contributed by atoms with Crippen molar-refractivity contribution in [1.82, 2.24) is 4.31 Å². The third-order valence-electron chi connectivity index (χ3n) is 3.82. The van der Waals surface area contributed by atoms with E-state index in [-0.39, 0.29) is 40.1 Å². The lowest BCUT2D eigenvalue weighted by molar-refractivity contribution is -0.384. The normalized spacial score (nSPS) is 12.9. The van der Waals surface area contributed by atoms with E-state index < -0.39 is 33.1 Å². The van der Waals surface area contributed by atoms with Crippen LogP contribution in [0.4, 0.5) is 18.9 Å². The fourth-order valence-electron chi connectivity index (χ4n) is 2.36. The molecule has 2 aromatic rings. The highest BCUT2D eigenvalue weighted by Crippen LogP contribution is 2.32. The van der Waals surface area contributed by atoms with Gasteiger partial charge >= 0.3 is 6.36 Å². The lowest BCUT2D eigenvalue weighted by atomic mass is 10.1. The molecule has 0 saturated carbocycles. The molecule has 0 fully saturated rings. The summed E-state index contributed by atoms with van der Waals surface area (Å²) in [7, 11) is -2.75. The van der Waals surface area contributed by atoms with Gasteiger partial charge < -0.3 is 10.5 Å². The van der Waals surface area contributed by atoms with E-state index in [1.165, 1.54) is 13.1 Å². The van der Waals surface area contributed by atoms with Crippen LogP contribution in [0.3, 0.4) is 0 Å². The van der Waals surface area contributed by atoms with Crippen LogP contribution in [0.15, 0.2) is 47.4 Å². The number of ether oxygens (including phenoxy) is 1. The summed E-state index contributed by atoms with van der Waals surface area (Å²) >= 11 is 5.77. The monoisotopic (exact) mass is 489 g/mol. The van der Waals surface area contributed by atoms with Crippen LogP contribution in [0, 0.1) is 10.1 Å². The number of non-ortho nitro benzene ring substituents is 1. The Morgan fingerprint density at radius 2 is 1.80 bits per heavy atom. The molecule has 0 spiro atoms. The second-order valence-corrected chi connectivity index (χ2v) is 8.33. The number of nitro groups is 1. The summed E-state index contributed by atoms with van der Waals surface area (Å²) in [5.74, 6) is -0.609. The van der Waals surface area contributed by atoms with Crippen LogP contribution in [0.5, 0.6) is 5.75 Å². The number of nitrogens with two attached hydrogens (primary N) is 1. The maximum absolute atomic E-state index is 12.6. The van der Waals surface area contributed by atoms with Crippen LogP contribution in [-0.2, 0) is 10.0 Å². The number of rotatable bonds is 7. The van der Waals surface area contributed by atoms with Gasteiger partial charge in [-0.25, -0.2) is 8.42 Å². The van der Waals surface area contributed by atoms with Gasteiger partial charge in [0.15, 0.2) is 0 Å². The van der Waals surface area contributed by atoms with Crippen molar-refractivity contribution < 1.29 is 31.2 Å². The number of likely N-dealkylation sites (N-methyl/N-ethyl adjacent to an activating group) is 1. The van der Waals surface area contributed by atoms with Crippen molar-refractivity contribution in [3.8, 4) is 5.75 Å². The largest absolute Gasteiger partial charge is 0.573 e. The number of nitro benzene ring substituents is 1. The average Bonchev–Trinajstić information content (AvgIpc) is 2.62. The highest BCUT2D eigenvalue weighted by atomic mass is 35.5. The molecule has 14 heteroatoms. The number of halogens is 5. The molecule has 1 atom stereocenters. The van der Waals surface area contributed by atoms with Crippen molar-refractivity contribution in [3.63, 3.8) is 0 Å². The molecule has 0 aliphatic rings. The highest BCUT2D eigenvalue weighted by Gasteiger charge is 2.32. The molecule has 0 saturated heterocycles. The molecule has 166 valence electrons. The van der Waals surface area contributed by atoms with Gasteiger partial charge in [0.1, 0.15) is 5.75 Å². The van der Waals surface area contributed by atoms with Gasteiger partial charge in [0.25, 0.3) is 5.69 Å². The zero-order valence-corrected chi connectivity index (χ0v) is 17.6. The van der Waals surface area contributed by atoms with E-state index in [1.54, 1.807) is 0 Å². The van der Waals surface area contributed by atoms with E-state index in [9.17, 15) is 31.7 Å². The van der Waals surface area contributed by atoms with E-state index in [2.05, 4.69) is 4.74 Å². The number of alkyl halides is 3. The lowest BCUT2D eigenvalue weighted by Gasteiger charge is -2.22. The van der Waals surface area contributed by atoms with Crippen molar-refractivity contribution in [1.29, 1.82) is 0 Å². The Labute approximate surface area is 181 Å². The molecule has 0 aliphatic carbocycles. The van der Waals surface area contributed by atoms with Gasteiger partial charge in [-0.2, -0.15) is 4.31 Å². The Bertz CT molecular complexity index is 1000. The highest BCUT2D eigenvalue weighted by molar-refractivity contribution is 7.89. The van der Waals surface area contributed by atoms with E-state index in [0.29, 0.717) is 0 Å². The van der Waals surface area contributed by atoms with Crippen LogP contribution in [0.1, 0.15) is 11.6 Å². The van der Waals surface area contributed by atoms with E-state index >= 15 is 0 Å². The SMILES string of the molecule is CN(C[C@@H](N)c1ccc(OC(F)(F)F)c(Cl)c1)S(=O)(=O)c1ccc([N+](=O)[O-])cc1.Cl. The first-order valence-electron chi connectivity index (χ1n) is 7.83. The van der Waals surface area contributed by atoms with Gasteiger partial charge in [0.2, 0.25) is 10.0 Å². The Kier molecular flexibility index (Phi) is 8.46. The summed E-state index contributed by atoms with van der Waals surface area (Å²) in [6.45, 7) is -0.227. The van der Waals surface area contributed by atoms with Gasteiger partial charge in [-0.1, -0.05) is 17.7 Å². The van der Waals surface area contributed by atoms with E-state index in [4.69, 9.17) is 17.3 Å². The number of sulfonamides is 1. The molecular formula is C16H16Cl2F3N3O5S. The van der Waals surface area contributed by atoms with Gasteiger partial charge in [-0.05, 0) is 29.8 Å². The first-order valence-corrected chi connectivity index (χ1v) is 9.64. The molecule has 0 aromatic heterocycles. The molecule has 2 N–H and O–H groups in total. The van der Waals surface area contributed by atoms with Crippen molar-refractivity contribution in [3.05, 3.63) is 63.2 Å². The van der Waals surface area contributed by atoms with Crippen LogP contribution in [0.2, 0.25) is 5.02 Å². The first-order chi connectivity index (χ1) is 13.3. The van der Waals surface area contributed by atoms with Crippen LogP contribution < -0.4 is 10.5 Å². The molecule has 0 unspecified atom stereocenters. The predicted molar refractivity (Wildman–Crippen MR) is 105 cm³/mol. The first kappa shape index (κ1) is 25.9. The van der Waals surface area contributed by atoms with E-state index in [0.717, 1.165) is 40.7 Å². The molecule has 0 aliphatic heterocycles. The van der Waals surface area contributed by atoms with Gasteiger partial charge in [-0.3, -0.25) is 10.1 Å². The Morgan fingerprint density at radius 1 is 1.23 bits per heavy atom. The smallest absolute Gasteiger partial charge is 0.404 e. The topological polar surface area (TPSA) is 116 Å². The van der Waals surface area contributed by atoms with Gasteiger partial charge in [0, 0.05) is 31.8 Å². The molecule has 2 aromatic carbocycles. The molecule has 2 rings (SSSR count). The van der Waals surface area contributed by atoms with Crippen molar-refractivity contribution in [2.45, 2.75) is 17.3 Å². The number of hydrogen-bond acceptors (Lipinski definition) is 6. The summed E-state index contributed by atoms with van der Waals surface area (Å²) in [6, 6.07) is 6.76. The van der Waals surface area contributed by atoms with Gasteiger partial charge in [0.05, 0.1) is 14.8 Å². The van der Waals surface area contributed by atoms with E-state index in [1.807, 2.05) is 0 Å². The quantitative estimate of drug-likeness (QED) is 0.465. The maximum Gasteiger partial charge on any atom is 0.573 e. The molecule has 0 radical (unpaired) electrons. The Hall–Kier alpha value is -2.12. The molecular weight excluding hydrogens is 474 g/mol. The second kappa shape index (κ2) is 9.79. The summed E-state index contributed by atoms with van der Waals surface area (Å²) in [5, 5.41) is 10.3. The minimum Gasteiger partial charge on any atom is -0.404 e. The average molecular weight is 490 g/mol. The Morgan fingerprint density at radius 3 is 2.27 bits per heavy atom. The number of benzene rings is 2. The second-order valence-electron chi connectivity index (χ2n) is 5.88. The summed E-state index contributed by atoms with van der Waals surface area (Å²) in [6.07, 6.45) is -4.91. The van der Waals surface area contributed by atoms with Gasteiger partial charge in [-0.15, -0.1) is 25.6 Å². The standard InChI is InChI=1S/C16H15ClF3N3O5S.ClH/c1-22(29(26,27)12-5-3-11(4-6-12)23(24)25)9-14(21)10-2-7-15(13(17)8-10)28-16(18,19)20;/h2-8,14H,9,21H2,1H3;1H/t14-;/m1./s1. The molecule has 0 amide bonds. The molecule has 30 heavy (non-hydrogen) atoms. The Balaban J connectivity index is 0.00000450. The van der Waals surface area contributed by atoms with Crippen molar-refractivity contribution in [2.24, 2.45) is 5.73 Å². The molecule has 0 heterocycles. The summed E-state index contributed by atoms with van der Waals surface area (Å²) in [4.78, 5) is 9.84. The molecule has 0 bridgehead atoms.